The highest BCUT2D eigenvalue weighted by Gasteiger charge is 2.24. The number of aromatic nitrogens is 1. The van der Waals surface area contributed by atoms with Crippen molar-refractivity contribution in [3.8, 4) is 11.5 Å². The Kier molecular flexibility index (Phi) is 4.95. The van der Waals surface area contributed by atoms with Crippen LogP contribution in [0.4, 0.5) is 5.82 Å². The van der Waals surface area contributed by atoms with Gasteiger partial charge in [-0.25, -0.2) is 4.98 Å². The van der Waals surface area contributed by atoms with E-state index in [-0.39, 0.29) is 6.10 Å². The van der Waals surface area contributed by atoms with Gasteiger partial charge in [0.25, 0.3) is 0 Å². The zero-order valence-electron chi connectivity index (χ0n) is 15.4. The van der Waals surface area contributed by atoms with Crippen molar-refractivity contribution < 1.29 is 14.2 Å². The van der Waals surface area contributed by atoms with Gasteiger partial charge in [-0.3, -0.25) is 4.90 Å². The molecule has 0 saturated carbocycles. The van der Waals surface area contributed by atoms with E-state index in [1.165, 1.54) is 5.56 Å². The second kappa shape index (κ2) is 7.51. The summed E-state index contributed by atoms with van der Waals surface area (Å²) in [4.78, 5) is 9.15. The molecule has 2 aliphatic rings. The topological polar surface area (TPSA) is 47.1 Å². The predicted molar refractivity (Wildman–Crippen MR) is 100.0 cm³/mol. The van der Waals surface area contributed by atoms with Crippen molar-refractivity contribution in [1.29, 1.82) is 0 Å². The van der Waals surface area contributed by atoms with Crippen molar-refractivity contribution in [2.75, 3.05) is 51.9 Å². The average Bonchev–Trinajstić information content (AvgIpc) is 2.68. The van der Waals surface area contributed by atoms with Crippen molar-refractivity contribution in [3.05, 3.63) is 47.7 Å². The van der Waals surface area contributed by atoms with E-state index in [9.17, 15) is 0 Å². The summed E-state index contributed by atoms with van der Waals surface area (Å²) in [5, 5.41) is 0. The summed E-state index contributed by atoms with van der Waals surface area (Å²) in [6.07, 6.45) is 0.000797. The first-order chi connectivity index (χ1) is 12.7. The Morgan fingerprint density at radius 2 is 1.92 bits per heavy atom. The largest absolute Gasteiger partial charge is 0.486 e. The smallest absolute Gasteiger partial charge is 0.161 e. The maximum atomic E-state index is 5.99. The van der Waals surface area contributed by atoms with Gasteiger partial charge < -0.3 is 19.1 Å². The molecular weight excluding hydrogens is 330 g/mol. The molecule has 26 heavy (non-hydrogen) atoms. The summed E-state index contributed by atoms with van der Waals surface area (Å²) in [6.45, 7) is 4.56. The first-order valence-electron chi connectivity index (χ1n) is 9.06. The molecule has 0 radical (unpaired) electrons. The quantitative estimate of drug-likeness (QED) is 0.840. The lowest BCUT2D eigenvalue weighted by Crippen LogP contribution is -2.38. The van der Waals surface area contributed by atoms with Crippen molar-refractivity contribution in [2.45, 2.75) is 12.6 Å². The predicted octanol–water partition coefficient (Wildman–Crippen LogP) is 2.49. The van der Waals surface area contributed by atoms with Crippen LogP contribution >= 0.6 is 0 Å². The van der Waals surface area contributed by atoms with E-state index < -0.39 is 0 Å². The van der Waals surface area contributed by atoms with Gasteiger partial charge in [-0.2, -0.15) is 0 Å². The third kappa shape index (κ3) is 3.76. The molecular formula is C20H25N3O3. The third-order valence-electron chi connectivity index (χ3n) is 4.71. The number of benzene rings is 1. The molecule has 0 unspecified atom stereocenters. The fraction of sp³-hybridized carbons (Fsp3) is 0.450. The summed E-state index contributed by atoms with van der Waals surface area (Å²) in [6, 6.07) is 12.3. The van der Waals surface area contributed by atoms with E-state index in [4.69, 9.17) is 19.2 Å². The Morgan fingerprint density at radius 3 is 2.77 bits per heavy atom. The van der Waals surface area contributed by atoms with Crippen LogP contribution < -0.4 is 14.4 Å². The first-order valence-corrected chi connectivity index (χ1v) is 9.06. The highest BCUT2D eigenvalue weighted by molar-refractivity contribution is 5.43. The third-order valence-corrected chi connectivity index (χ3v) is 4.71. The molecule has 3 heterocycles. The van der Waals surface area contributed by atoms with Crippen LogP contribution in [-0.4, -0.2) is 56.9 Å². The number of fused-ring (bicyclic) bond motifs is 1. The normalized spacial score (nSPS) is 20.0. The molecule has 138 valence electrons. The van der Waals surface area contributed by atoms with Gasteiger partial charge in [0.05, 0.1) is 12.3 Å². The molecule has 1 aromatic carbocycles. The Hall–Kier alpha value is -2.31. The summed E-state index contributed by atoms with van der Waals surface area (Å²) >= 11 is 0. The standard InChI is InChI=1S/C20H25N3O3/c1-22(2)20-5-3-4-16(21-20)19-14-23(8-9-24-19)13-15-6-7-17-18(12-15)26-11-10-25-17/h3-7,12,19H,8-11,13-14H2,1-2H3/t19-/m1/s1. The minimum atomic E-state index is 0.000797. The van der Waals surface area contributed by atoms with Crippen molar-refractivity contribution in [3.63, 3.8) is 0 Å². The van der Waals surface area contributed by atoms with Crippen LogP contribution in [0.2, 0.25) is 0 Å². The molecule has 2 aromatic rings. The van der Waals surface area contributed by atoms with Crippen LogP contribution in [-0.2, 0) is 11.3 Å². The summed E-state index contributed by atoms with van der Waals surface area (Å²) < 4.78 is 17.3. The highest BCUT2D eigenvalue weighted by atomic mass is 16.6. The second-order valence-corrected chi connectivity index (χ2v) is 6.89. The Balaban J connectivity index is 1.44. The number of anilines is 1. The molecule has 1 atom stereocenters. The van der Waals surface area contributed by atoms with E-state index in [2.05, 4.69) is 17.0 Å². The number of hydrogen-bond acceptors (Lipinski definition) is 6. The molecule has 1 fully saturated rings. The Morgan fingerprint density at radius 1 is 1.08 bits per heavy atom. The molecule has 1 aromatic heterocycles. The average molecular weight is 355 g/mol. The van der Waals surface area contributed by atoms with Gasteiger partial charge in [0.1, 0.15) is 25.1 Å². The zero-order chi connectivity index (χ0) is 17.9. The minimum absolute atomic E-state index is 0.000797. The highest BCUT2D eigenvalue weighted by Crippen LogP contribution is 2.31. The van der Waals surface area contributed by atoms with Gasteiger partial charge >= 0.3 is 0 Å². The molecule has 2 aliphatic heterocycles. The maximum absolute atomic E-state index is 5.99. The Bertz CT molecular complexity index is 766. The molecule has 1 saturated heterocycles. The molecule has 6 heteroatoms. The fourth-order valence-corrected chi connectivity index (χ4v) is 3.34. The van der Waals surface area contributed by atoms with E-state index in [1.54, 1.807) is 0 Å². The zero-order valence-corrected chi connectivity index (χ0v) is 15.4. The second-order valence-electron chi connectivity index (χ2n) is 6.89. The summed E-state index contributed by atoms with van der Waals surface area (Å²) in [5.74, 6) is 2.64. The van der Waals surface area contributed by atoms with Crippen molar-refractivity contribution in [1.82, 2.24) is 9.88 Å². The van der Waals surface area contributed by atoms with Gasteiger partial charge in [-0.15, -0.1) is 0 Å². The van der Waals surface area contributed by atoms with Gasteiger partial charge in [0, 0.05) is 33.7 Å². The number of hydrogen-bond donors (Lipinski definition) is 0. The fourth-order valence-electron chi connectivity index (χ4n) is 3.34. The lowest BCUT2D eigenvalue weighted by molar-refractivity contribution is -0.0349. The summed E-state index contributed by atoms with van der Waals surface area (Å²) in [7, 11) is 4.00. The van der Waals surface area contributed by atoms with Crippen molar-refractivity contribution in [2.24, 2.45) is 0 Å². The lowest BCUT2D eigenvalue weighted by Gasteiger charge is -2.33. The molecule has 0 aliphatic carbocycles. The SMILES string of the molecule is CN(C)c1cccc([C@H]2CN(Cc3ccc4c(c3)OCCO4)CCO2)n1. The lowest BCUT2D eigenvalue weighted by atomic mass is 10.1. The van der Waals surface area contributed by atoms with E-state index in [0.717, 1.165) is 42.6 Å². The van der Waals surface area contributed by atoms with Gasteiger partial charge in [0.2, 0.25) is 0 Å². The molecule has 0 bridgehead atoms. The van der Waals surface area contributed by atoms with Gasteiger partial charge in [-0.1, -0.05) is 12.1 Å². The molecule has 6 nitrogen and oxygen atoms in total. The van der Waals surface area contributed by atoms with E-state index in [0.29, 0.717) is 19.8 Å². The molecule has 0 amide bonds. The van der Waals surface area contributed by atoms with Gasteiger partial charge in [-0.05, 0) is 29.8 Å². The van der Waals surface area contributed by atoms with Crippen LogP contribution in [0.5, 0.6) is 11.5 Å². The first kappa shape index (κ1) is 17.1. The summed E-state index contributed by atoms with van der Waals surface area (Å²) in [5.41, 5.74) is 2.22. The van der Waals surface area contributed by atoms with Crippen LogP contribution in [0.1, 0.15) is 17.4 Å². The van der Waals surface area contributed by atoms with Gasteiger partial charge in [0.15, 0.2) is 11.5 Å². The van der Waals surface area contributed by atoms with E-state index >= 15 is 0 Å². The van der Waals surface area contributed by atoms with Crippen LogP contribution in [0.15, 0.2) is 36.4 Å². The minimum Gasteiger partial charge on any atom is -0.486 e. The number of ether oxygens (including phenoxy) is 3. The number of nitrogens with zero attached hydrogens (tertiary/aromatic N) is 3. The number of pyridine rings is 1. The van der Waals surface area contributed by atoms with Crippen molar-refractivity contribution >= 4 is 5.82 Å². The maximum Gasteiger partial charge on any atom is 0.161 e. The van der Waals surface area contributed by atoms with Crippen LogP contribution in [0, 0.1) is 0 Å². The van der Waals surface area contributed by atoms with E-state index in [1.807, 2.05) is 43.3 Å². The molecule has 4 rings (SSSR count). The Labute approximate surface area is 154 Å². The van der Waals surface area contributed by atoms with Crippen LogP contribution in [0.3, 0.4) is 0 Å². The number of rotatable bonds is 4. The van der Waals surface area contributed by atoms with Crippen LogP contribution in [0.25, 0.3) is 0 Å². The monoisotopic (exact) mass is 355 g/mol. The molecule has 0 N–H and O–H groups in total. The number of morpholine rings is 1. The molecule has 0 spiro atoms.